The van der Waals surface area contributed by atoms with Gasteiger partial charge in [-0.15, -0.1) is 0 Å². The van der Waals surface area contributed by atoms with Crippen molar-refractivity contribution in [2.24, 2.45) is 0 Å². The van der Waals surface area contributed by atoms with Gasteiger partial charge in [0.25, 0.3) is 0 Å². The van der Waals surface area contributed by atoms with E-state index in [1.54, 1.807) is 0 Å². The lowest BCUT2D eigenvalue weighted by Gasteiger charge is -2.43. The van der Waals surface area contributed by atoms with E-state index in [0.717, 1.165) is 0 Å². The summed E-state index contributed by atoms with van der Waals surface area (Å²) in [7, 11) is -6.25. The molecule has 0 aliphatic heterocycles. The van der Waals surface area contributed by atoms with E-state index in [1.807, 2.05) is 0 Å². The molecule has 4 nitrogen and oxygen atoms in total. The fourth-order valence-electron chi connectivity index (χ4n) is 1.55. The Hall–Kier alpha value is -1.11. The van der Waals surface area contributed by atoms with Crippen LogP contribution in [0.1, 0.15) is 20.8 Å². The zero-order valence-electron chi connectivity index (χ0n) is 15.3. The second-order valence-corrected chi connectivity index (χ2v) is 8.45. The maximum absolute atomic E-state index is 14.1. The fourth-order valence-corrected chi connectivity index (χ4v) is 2.03. The van der Waals surface area contributed by atoms with Gasteiger partial charge >= 0.3 is 46.9 Å². The van der Waals surface area contributed by atoms with Crippen LogP contribution in [-0.2, 0) is 19.3 Å². The molecule has 31 heavy (non-hydrogen) atoms. The van der Waals surface area contributed by atoms with Gasteiger partial charge in [0.2, 0.25) is 9.84 Å². The molecular weight excluding hydrogens is 506 g/mol. The van der Waals surface area contributed by atoms with Crippen LogP contribution in [0.2, 0.25) is 0 Å². The first-order valence-corrected chi connectivity index (χ1v) is 9.05. The SMILES string of the molecule is CC(F)(F)C(F)(F)C(F)(OC(F)(F)C(C)(F)OC(F)(F)C(F)(F)S(C)(=O)=O)C(C)(F)F. The Balaban J connectivity index is 6.47. The number of ether oxygens (including phenoxy) is 2. The van der Waals surface area contributed by atoms with Gasteiger partial charge in [0.15, 0.2) is 0 Å². The molecule has 0 N–H and O–H groups in total. The molecule has 0 amide bonds. The van der Waals surface area contributed by atoms with E-state index in [-0.39, 0.29) is 0 Å². The van der Waals surface area contributed by atoms with Crippen LogP contribution in [0.4, 0.5) is 61.5 Å². The summed E-state index contributed by atoms with van der Waals surface area (Å²) in [5, 5.41) is -6.48. The molecule has 2 unspecified atom stereocenters. The van der Waals surface area contributed by atoms with Crippen LogP contribution in [0.5, 0.6) is 0 Å². The average Bonchev–Trinajstić information content (AvgIpc) is 2.41. The second-order valence-electron chi connectivity index (χ2n) is 6.39. The lowest BCUT2D eigenvalue weighted by molar-refractivity contribution is -0.512. The molecule has 0 spiro atoms. The Kier molecular flexibility index (Phi) is 7.19. The smallest absolute Gasteiger partial charge is 0.269 e. The highest BCUT2D eigenvalue weighted by Gasteiger charge is 2.81. The van der Waals surface area contributed by atoms with E-state index in [4.69, 9.17) is 0 Å². The van der Waals surface area contributed by atoms with Crippen LogP contribution in [0.15, 0.2) is 0 Å². The minimum absolute atomic E-state index is 0.609. The van der Waals surface area contributed by atoms with E-state index in [0.29, 0.717) is 0 Å². The Morgan fingerprint density at radius 1 is 0.581 bits per heavy atom. The Morgan fingerprint density at radius 2 is 0.935 bits per heavy atom. The first kappa shape index (κ1) is 29.9. The molecule has 0 heterocycles. The minimum Gasteiger partial charge on any atom is -0.269 e. The van der Waals surface area contributed by atoms with Gasteiger partial charge in [-0.1, -0.05) is 0 Å². The molecule has 0 aromatic heterocycles. The highest BCUT2D eigenvalue weighted by molar-refractivity contribution is 7.91. The number of hydrogen-bond donors (Lipinski definition) is 0. The second kappa shape index (κ2) is 7.46. The highest BCUT2D eigenvalue weighted by Crippen LogP contribution is 2.56. The highest BCUT2D eigenvalue weighted by atomic mass is 32.2. The van der Waals surface area contributed by atoms with Crippen LogP contribution in [-0.4, -0.2) is 61.6 Å². The van der Waals surface area contributed by atoms with Gasteiger partial charge in [0.05, 0.1) is 0 Å². The maximum atomic E-state index is 14.1. The van der Waals surface area contributed by atoms with Crippen LogP contribution < -0.4 is 0 Å². The van der Waals surface area contributed by atoms with Crippen molar-refractivity contribution in [2.75, 3.05) is 6.26 Å². The molecular formula is C12H12F14O4S. The molecule has 0 aliphatic carbocycles. The zero-order valence-corrected chi connectivity index (χ0v) is 16.1. The van der Waals surface area contributed by atoms with Crippen LogP contribution in [0.25, 0.3) is 0 Å². The summed E-state index contributed by atoms with van der Waals surface area (Å²) in [4.78, 5) is 0. The third-order valence-electron chi connectivity index (χ3n) is 3.43. The van der Waals surface area contributed by atoms with Gasteiger partial charge in [-0.2, -0.15) is 48.3 Å². The number of alkyl halides is 14. The molecule has 0 aliphatic rings. The van der Waals surface area contributed by atoms with Crippen molar-refractivity contribution in [1.82, 2.24) is 0 Å². The topological polar surface area (TPSA) is 52.6 Å². The summed E-state index contributed by atoms with van der Waals surface area (Å²) in [6.07, 6.45) is -14.2. The van der Waals surface area contributed by atoms with E-state index < -0.39 is 83.8 Å². The molecule has 0 bridgehead atoms. The van der Waals surface area contributed by atoms with Crippen molar-refractivity contribution in [3.05, 3.63) is 0 Å². The van der Waals surface area contributed by atoms with Gasteiger partial charge in [0.1, 0.15) is 0 Å². The molecule has 0 aromatic carbocycles. The molecule has 0 fully saturated rings. The standard InChI is InChI=1S/C12H12F14O4S/c1-5(13,14)8(18,19)9(20,6(2,15)16)30-10(21,22)7(3,17)29-11(23,24)12(25,26)31(4,27)28/h1-4H3. The quantitative estimate of drug-likeness (QED) is 0.376. The maximum Gasteiger partial charge on any atom is 0.437 e. The molecule has 0 saturated carbocycles. The van der Waals surface area contributed by atoms with Crippen molar-refractivity contribution >= 4 is 9.84 Å². The van der Waals surface area contributed by atoms with Crippen molar-refractivity contribution in [3.63, 3.8) is 0 Å². The summed E-state index contributed by atoms with van der Waals surface area (Å²) >= 11 is 0. The molecule has 0 saturated heterocycles. The first-order chi connectivity index (χ1) is 12.9. The number of rotatable bonds is 10. The number of halogens is 14. The third kappa shape index (κ3) is 4.96. The monoisotopic (exact) mass is 518 g/mol. The Bertz CT molecular complexity index is 767. The predicted molar refractivity (Wildman–Crippen MR) is 71.4 cm³/mol. The molecule has 0 rings (SSSR count). The van der Waals surface area contributed by atoms with Gasteiger partial charge in [-0.3, -0.25) is 9.47 Å². The van der Waals surface area contributed by atoms with Crippen molar-refractivity contribution < 1.29 is 79.4 Å². The lowest BCUT2D eigenvalue weighted by atomic mass is 9.98. The van der Waals surface area contributed by atoms with Crippen LogP contribution >= 0.6 is 0 Å². The van der Waals surface area contributed by atoms with Gasteiger partial charge in [-0.25, -0.2) is 21.6 Å². The van der Waals surface area contributed by atoms with E-state index in [1.165, 1.54) is 0 Å². The molecule has 0 aromatic rings. The van der Waals surface area contributed by atoms with Crippen molar-refractivity contribution in [3.8, 4) is 0 Å². The molecule has 0 radical (unpaired) electrons. The van der Waals surface area contributed by atoms with Gasteiger partial charge < -0.3 is 0 Å². The summed E-state index contributed by atoms with van der Waals surface area (Å²) in [5.41, 5.74) is 0. The molecule has 188 valence electrons. The van der Waals surface area contributed by atoms with Crippen LogP contribution in [0.3, 0.4) is 0 Å². The van der Waals surface area contributed by atoms with Gasteiger partial charge in [0, 0.05) is 27.0 Å². The predicted octanol–water partition coefficient (Wildman–Crippen LogP) is 5.14. The van der Waals surface area contributed by atoms with Crippen molar-refractivity contribution in [1.29, 1.82) is 0 Å². The minimum atomic E-state index is -6.91. The summed E-state index contributed by atoms with van der Waals surface area (Å²) in [5.74, 6) is -31.7. The third-order valence-corrected chi connectivity index (χ3v) is 4.60. The van der Waals surface area contributed by atoms with E-state index >= 15 is 0 Å². The van der Waals surface area contributed by atoms with Gasteiger partial charge in [-0.05, 0) is 0 Å². The number of hydrogen-bond acceptors (Lipinski definition) is 4. The summed E-state index contributed by atoms with van der Waals surface area (Å²) in [6.45, 7) is -3.05. The summed E-state index contributed by atoms with van der Waals surface area (Å²) in [6, 6.07) is 0. The molecule has 19 heteroatoms. The normalized spacial score (nSPS) is 19.7. The van der Waals surface area contributed by atoms with Crippen LogP contribution in [0, 0.1) is 0 Å². The van der Waals surface area contributed by atoms with E-state index in [2.05, 4.69) is 9.47 Å². The fraction of sp³-hybridized carbons (Fsp3) is 1.00. The first-order valence-electron chi connectivity index (χ1n) is 7.16. The van der Waals surface area contributed by atoms with E-state index in [9.17, 15) is 69.9 Å². The average molecular weight is 518 g/mol. The lowest BCUT2D eigenvalue weighted by Crippen LogP contribution is -2.68. The summed E-state index contributed by atoms with van der Waals surface area (Å²) < 4.78 is 214. The Morgan fingerprint density at radius 3 is 1.19 bits per heavy atom. The van der Waals surface area contributed by atoms with Crippen molar-refractivity contribution in [2.45, 2.75) is 67.7 Å². The zero-order chi connectivity index (χ0) is 25.9. The Labute approximate surface area is 164 Å². The number of sulfone groups is 1. The largest absolute Gasteiger partial charge is 0.437 e. The molecule has 2 atom stereocenters.